The Hall–Kier alpha value is -2.04. The Morgan fingerprint density at radius 1 is 1.24 bits per heavy atom. The molecule has 0 unspecified atom stereocenters. The van der Waals surface area contributed by atoms with E-state index in [0.717, 1.165) is 24.2 Å². The van der Waals surface area contributed by atoms with Crippen molar-refractivity contribution in [1.29, 1.82) is 0 Å². The molecule has 1 saturated carbocycles. The molecule has 0 atom stereocenters. The lowest BCUT2D eigenvalue weighted by Gasteiger charge is -2.26. The zero-order valence-corrected chi connectivity index (χ0v) is 12.4. The summed E-state index contributed by atoms with van der Waals surface area (Å²) in [5.74, 6) is -0.347. The maximum atomic E-state index is 12.2. The van der Waals surface area contributed by atoms with Crippen molar-refractivity contribution in [3.63, 3.8) is 0 Å². The molecule has 0 radical (unpaired) electrons. The lowest BCUT2D eigenvalue weighted by atomic mass is 9.86. The van der Waals surface area contributed by atoms with E-state index in [1.165, 1.54) is 0 Å². The maximum absolute atomic E-state index is 12.2. The van der Waals surface area contributed by atoms with Gasteiger partial charge in [-0.15, -0.1) is 0 Å². The molecule has 1 aliphatic carbocycles. The summed E-state index contributed by atoms with van der Waals surface area (Å²) in [6.45, 7) is 1.90. The molecule has 5 nitrogen and oxygen atoms in total. The normalized spacial score (nSPS) is 21.6. The molecule has 1 aromatic rings. The minimum atomic E-state index is -0.731. The van der Waals surface area contributed by atoms with Crippen LogP contribution in [0.15, 0.2) is 18.2 Å². The lowest BCUT2D eigenvalue weighted by molar-refractivity contribution is -0.142. The Labute approximate surface area is 124 Å². The summed E-state index contributed by atoms with van der Waals surface area (Å²) in [7, 11) is 1.60. The SMILES string of the molecule is COc1ccc(C(=O)NC2CCC(C(=O)O)CC2)cc1C. The van der Waals surface area contributed by atoms with Gasteiger partial charge in [-0.2, -0.15) is 0 Å². The number of carboxylic acids is 1. The molecule has 1 aliphatic rings. The van der Waals surface area contributed by atoms with E-state index < -0.39 is 5.97 Å². The number of carbonyl (C=O) groups is 2. The van der Waals surface area contributed by atoms with Crippen molar-refractivity contribution in [2.75, 3.05) is 7.11 Å². The van der Waals surface area contributed by atoms with Gasteiger partial charge in [-0.05, 0) is 56.4 Å². The zero-order valence-electron chi connectivity index (χ0n) is 12.4. The number of methoxy groups -OCH3 is 1. The molecule has 0 bridgehead atoms. The number of ether oxygens (including phenoxy) is 1. The smallest absolute Gasteiger partial charge is 0.306 e. The van der Waals surface area contributed by atoms with Gasteiger partial charge in [-0.25, -0.2) is 0 Å². The van der Waals surface area contributed by atoms with Gasteiger partial charge in [-0.3, -0.25) is 9.59 Å². The molecule has 2 N–H and O–H groups in total. The molecule has 0 aliphatic heterocycles. The van der Waals surface area contributed by atoms with Crippen LogP contribution in [0.2, 0.25) is 0 Å². The molecule has 0 heterocycles. The van der Waals surface area contributed by atoms with Crippen molar-refractivity contribution in [3.8, 4) is 5.75 Å². The van der Waals surface area contributed by atoms with Crippen molar-refractivity contribution >= 4 is 11.9 Å². The largest absolute Gasteiger partial charge is 0.496 e. The first-order valence-electron chi connectivity index (χ1n) is 7.19. The Kier molecular flexibility index (Phi) is 4.83. The third-order valence-corrected chi connectivity index (χ3v) is 4.07. The predicted molar refractivity (Wildman–Crippen MR) is 78.6 cm³/mol. The van der Waals surface area contributed by atoms with Crippen molar-refractivity contribution in [2.45, 2.75) is 38.6 Å². The molecule has 21 heavy (non-hydrogen) atoms. The fourth-order valence-electron chi connectivity index (χ4n) is 2.77. The van der Waals surface area contributed by atoms with Crippen LogP contribution in [0.5, 0.6) is 5.75 Å². The monoisotopic (exact) mass is 291 g/mol. The first kappa shape index (κ1) is 15.4. The van der Waals surface area contributed by atoms with E-state index in [4.69, 9.17) is 9.84 Å². The Morgan fingerprint density at radius 3 is 2.43 bits per heavy atom. The first-order chi connectivity index (χ1) is 10.0. The van der Waals surface area contributed by atoms with Gasteiger partial charge in [0.25, 0.3) is 5.91 Å². The van der Waals surface area contributed by atoms with Crippen LogP contribution in [0, 0.1) is 12.8 Å². The third kappa shape index (κ3) is 3.74. The highest BCUT2D eigenvalue weighted by Gasteiger charge is 2.26. The third-order valence-electron chi connectivity index (χ3n) is 4.07. The summed E-state index contributed by atoms with van der Waals surface area (Å²) in [4.78, 5) is 23.1. The Bertz CT molecular complexity index is 533. The van der Waals surface area contributed by atoms with Gasteiger partial charge in [0.1, 0.15) is 5.75 Å². The maximum Gasteiger partial charge on any atom is 0.306 e. The molecule has 0 aromatic heterocycles. The summed E-state index contributed by atoms with van der Waals surface area (Å²) >= 11 is 0. The van der Waals surface area contributed by atoms with Crippen LogP contribution in [0.1, 0.15) is 41.6 Å². The summed E-state index contributed by atoms with van der Waals surface area (Å²) in [5, 5.41) is 12.0. The number of hydrogen-bond donors (Lipinski definition) is 2. The van der Waals surface area contributed by atoms with E-state index in [2.05, 4.69) is 5.32 Å². The van der Waals surface area contributed by atoms with E-state index in [1.807, 2.05) is 6.92 Å². The van der Waals surface area contributed by atoms with Gasteiger partial charge in [0.05, 0.1) is 13.0 Å². The number of aryl methyl sites for hydroxylation is 1. The quantitative estimate of drug-likeness (QED) is 0.893. The highest BCUT2D eigenvalue weighted by molar-refractivity contribution is 5.94. The lowest BCUT2D eigenvalue weighted by Crippen LogP contribution is -2.38. The molecule has 1 fully saturated rings. The molecule has 5 heteroatoms. The zero-order chi connectivity index (χ0) is 15.4. The topological polar surface area (TPSA) is 75.6 Å². The molecule has 1 amide bonds. The van der Waals surface area contributed by atoms with Crippen LogP contribution in [0.4, 0.5) is 0 Å². The van der Waals surface area contributed by atoms with E-state index in [-0.39, 0.29) is 17.9 Å². The molecular formula is C16H21NO4. The predicted octanol–water partition coefficient (Wildman–Crippen LogP) is 2.38. The number of rotatable bonds is 4. The van der Waals surface area contributed by atoms with Gasteiger partial charge in [0.15, 0.2) is 0 Å². The van der Waals surface area contributed by atoms with Crippen LogP contribution >= 0.6 is 0 Å². The standard InChI is InChI=1S/C16H21NO4/c1-10-9-12(5-8-14(10)21-2)15(18)17-13-6-3-11(4-7-13)16(19)20/h5,8-9,11,13H,3-4,6-7H2,1-2H3,(H,17,18)(H,19,20). The molecule has 114 valence electrons. The second kappa shape index (κ2) is 6.61. The summed E-state index contributed by atoms with van der Waals surface area (Å²) in [6, 6.07) is 5.39. The average molecular weight is 291 g/mol. The molecule has 2 rings (SSSR count). The molecule has 0 spiro atoms. The summed E-state index contributed by atoms with van der Waals surface area (Å²) in [6.07, 6.45) is 2.69. The fraction of sp³-hybridized carbons (Fsp3) is 0.500. The number of carbonyl (C=O) groups excluding carboxylic acids is 1. The number of nitrogens with one attached hydrogen (secondary N) is 1. The number of carboxylic acid groups (broad SMARTS) is 1. The van der Waals surface area contributed by atoms with E-state index in [9.17, 15) is 9.59 Å². The van der Waals surface area contributed by atoms with Crippen LogP contribution in [0.25, 0.3) is 0 Å². The minimum absolute atomic E-state index is 0.0653. The molecular weight excluding hydrogens is 270 g/mol. The van der Waals surface area contributed by atoms with Crippen LogP contribution in [-0.2, 0) is 4.79 Å². The van der Waals surface area contributed by atoms with E-state index in [0.29, 0.717) is 18.4 Å². The van der Waals surface area contributed by atoms with Gasteiger partial charge in [0, 0.05) is 11.6 Å². The second-order valence-electron chi connectivity index (χ2n) is 5.54. The first-order valence-corrected chi connectivity index (χ1v) is 7.19. The van der Waals surface area contributed by atoms with E-state index in [1.54, 1.807) is 25.3 Å². The van der Waals surface area contributed by atoms with Gasteiger partial charge in [0.2, 0.25) is 0 Å². The molecule has 0 saturated heterocycles. The number of aliphatic carboxylic acids is 1. The van der Waals surface area contributed by atoms with Crippen LogP contribution < -0.4 is 10.1 Å². The average Bonchev–Trinajstić information content (AvgIpc) is 2.47. The number of hydrogen-bond acceptors (Lipinski definition) is 3. The van der Waals surface area contributed by atoms with Gasteiger partial charge < -0.3 is 15.2 Å². The molecule has 1 aromatic carbocycles. The van der Waals surface area contributed by atoms with Crippen molar-refractivity contribution in [1.82, 2.24) is 5.32 Å². The number of amides is 1. The highest BCUT2D eigenvalue weighted by atomic mass is 16.5. The van der Waals surface area contributed by atoms with E-state index >= 15 is 0 Å². The minimum Gasteiger partial charge on any atom is -0.496 e. The van der Waals surface area contributed by atoms with Crippen molar-refractivity contribution in [2.24, 2.45) is 5.92 Å². The van der Waals surface area contributed by atoms with Gasteiger partial charge in [-0.1, -0.05) is 0 Å². The summed E-state index contributed by atoms with van der Waals surface area (Å²) < 4.78 is 5.18. The van der Waals surface area contributed by atoms with Crippen LogP contribution in [-0.4, -0.2) is 30.1 Å². The summed E-state index contributed by atoms with van der Waals surface area (Å²) in [5.41, 5.74) is 1.52. The second-order valence-corrected chi connectivity index (χ2v) is 5.54. The fourth-order valence-corrected chi connectivity index (χ4v) is 2.77. The van der Waals surface area contributed by atoms with Crippen molar-refractivity contribution in [3.05, 3.63) is 29.3 Å². The number of benzene rings is 1. The van der Waals surface area contributed by atoms with Crippen molar-refractivity contribution < 1.29 is 19.4 Å². The highest BCUT2D eigenvalue weighted by Crippen LogP contribution is 2.25. The Morgan fingerprint density at radius 2 is 1.90 bits per heavy atom. The van der Waals surface area contributed by atoms with Gasteiger partial charge >= 0.3 is 5.97 Å². The Balaban J connectivity index is 1.93. The van der Waals surface area contributed by atoms with Crippen LogP contribution in [0.3, 0.4) is 0 Å².